The molecule has 3 rings (SSSR count). The smallest absolute Gasteiger partial charge is 0.326 e. The number of urea groups is 1. The predicted octanol–water partition coefficient (Wildman–Crippen LogP) is 2.75. The van der Waals surface area contributed by atoms with Crippen molar-refractivity contribution in [1.82, 2.24) is 10.2 Å². The van der Waals surface area contributed by atoms with Gasteiger partial charge in [0.05, 0.1) is 18.7 Å². The molecule has 0 bridgehead atoms. The van der Waals surface area contributed by atoms with Gasteiger partial charge in [0.15, 0.2) is 0 Å². The predicted molar refractivity (Wildman–Crippen MR) is 110 cm³/mol. The number of nitrogens with one attached hydrogen (secondary N) is 2. The molecule has 154 valence electrons. The van der Waals surface area contributed by atoms with Crippen LogP contribution in [-0.2, 0) is 15.1 Å². The fourth-order valence-electron chi connectivity index (χ4n) is 3.45. The van der Waals surface area contributed by atoms with E-state index in [2.05, 4.69) is 10.6 Å². The summed E-state index contributed by atoms with van der Waals surface area (Å²) in [6.07, 6.45) is 0.324. The van der Waals surface area contributed by atoms with E-state index in [9.17, 15) is 14.4 Å². The van der Waals surface area contributed by atoms with Crippen molar-refractivity contribution < 1.29 is 19.1 Å². The van der Waals surface area contributed by atoms with Crippen LogP contribution in [0.15, 0.2) is 48.5 Å². The number of amides is 4. The Labute approximate surface area is 174 Å². The van der Waals surface area contributed by atoms with Crippen LogP contribution in [0.1, 0.15) is 31.4 Å². The van der Waals surface area contributed by atoms with E-state index in [-0.39, 0.29) is 0 Å². The number of rotatable bonds is 6. The van der Waals surface area contributed by atoms with Crippen molar-refractivity contribution in [3.8, 4) is 11.8 Å². The number of nitrogens with zero attached hydrogens (tertiary/aromatic N) is 2. The Morgan fingerprint density at radius 2 is 1.83 bits per heavy atom. The first-order valence-corrected chi connectivity index (χ1v) is 9.47. The Morgan fingerprint density at radius 3 is 2.37 bits per heavy atom. The van der Waals surface area contributed by atoms with Crippen LogP contribution in [0.2, 0.25) is 0 Å². The van der Waals surface area contributed by atoms with E-state index in [1.807, 2.05) is 6.07 Å². The summed E-state index contributed by atoms with van der Waals surface area (Å²) in [6, 6.07) is 13.5. The van der Waals surface area contributed by atoms with Crippen LogP contribution in [0.4, 0.5) is 10.5 Å². The number of carbonyl (C=O) groups is 3. The Morgan fingerprint density at radius 1 is 1.20 bits per heavy atom. The van der Waals surface area contributed by atoms with Gasteiger partial charge in [-0.1, -0.05) is 19.1 Å². The average Bonchev–Trinajstić information content (AvgIpc) is 3.04. The van der Waals surface area contributed by atoms with E-state index in [0.717, 1.165) is 4.90 Å². The molecule has 0 radical (unpaired) electrons. The van der Waals surface area contributed by atoms with Crippen LogP contribution in [-0.4, -0.2) is 35.9 Å². The summed E-state index contributed by atoms with van der Waals surface area (Å²) in [5.41, 5.74) is 0.301. The first-order valence-electron chi connectivity index (χ1n) is 9.47. The van der Waals surface area contributed by atoms with Crippen molar-refractivity contribution >= 4 is 23.5 Å². The minimum atomic E-state index is -1.24. The van der Waals surface area contributed by atoms with Crippen molar-refractivity contribution in [3.63, 3.8) is 0 Å². The van der Waals surface area contributed by atoms with Gasteiger partial charge in [0.2, 0.25) is 5.91 Å². The number of imide groups is 1. The third-order valence-corrected chi connectivity index (χ3v) is 5.28. The molecule has 1 heterocycles. The number of benzene rings is 2. The molecule has 1 aliphatic rings. The number of methoxy groups -OCH3 is 1. The highest BCUT2D eigenvalue weighted by atomic mass is 16.5. The summed E-state index contributed by atoms with van der Waals surface area (Å²) in [4.78, 5) is 39.6. The molecule has 0 aliphatic carbocycles. The van der Waals surface area contributed by atoms with Crippen LogP contribution in [0.25, 0.3) is 0 Å². The minimum absolute atomic E-state index is 0.324. The zero-order valence-electron chi connectivity index (χ0n) is 16.9. The van der Waals surface area contributed by atoms with Gasteiger partial charge in [0.25, 0.3) is 5.91 Å². The molecule has 0 unspecified atom stereocenters. The van der Waals surface area contributed by atoms with Gasteiger partial charge in [-0.15, -0.1) is 0 Å². The van der Waals surface area contributed by atoms with Gasteiger partial charge in [-0.05, 0) is 55.3 Å². The molecular formula is C22H22N4O4. The van der Waals surface area contributed by atoms with E-state index < -0.39 is 29.4 Å². The van der Waals surface area contributed by atoms with Crippen molar-refractivity contribution in [2.24, 2.45) is 0 Å². The second-order valence-corrected chi connectivity index (χ2v) is 6.95. The fraction of sp³-hybridized carbons (Fsp3) is 0.273. The van der Waals surface area contributed by atoms with Crippen LogP contribution < -0.4 is 15.4 Å². The summed E-state index contributed by atoms with van der Waals surface area (Å²) in [7, 11) is 1.54. The molecule has 1 saturated heterocycles. The van der Waals surface area contributed by atoms with Gasteiger partial charge >= 0.3 is 6.03 Å². The lowest BCUT2D eigenvalue weighted by Crippen LogP contribution is -2.47. The Hall–Kier alpha value is -3.86. The van der Waals surface area contributed by atoms with Gasteiger partial charge in [0.1, 0.15) is 17.3 Å². The summed E-state index contributed by atoms with van der Waals surface area (Å²) >= 11 is 0. The van der Waals surface area contributed by atoms with E-state index in [0.29, 0.717) is 29.0 Å². The number of hydrogen-bond donors (Lipinski definition) is 2. The van der Waals surface area contributed by atoms with Gasteiger partial charge in [0, 0.05) is 5.69 Å². The van der Waals surface area contributed by atoms with E-state index in [4.69, 9.17) is 10.00 Å². The summed E-state index contributed by atoms with van der Waals surface area (Å²) in [5, 5.41) is 14.3. The molecular weight excluding hydrogens is 384 g/mol. The maximum absolute atomic E-state index is 13.3. The molecule has 30 heavy (non-hydrogen) atoms. The molecule has 0 spiro atoms. The van der Waals surface area contributed by atoms with Gasteiger partial charge in [-0.2, -0.15) is 5.26 Å². The minimum Gasteiger partial charge on any atom is -0.497 e. The maximum Gasteiger partial charge on any atom is 0.326 e. The SMILES string of the molecule is CC[C@]1(c2ccc(OC)cc2)NC(=O)N([C@H](C)C(=O)Nc2ccc(C#N)cc2)C1=O. The third kappa shape index (κ3) is 3.57. The highest BCUT2D eigenvalue weighted by Crippen LogP contribution is 2.34. The molecule has 1 fully saturated rings. The zero-order chi connectivity index (χ0) is 21.9. The second-order valence-electron chi connectivity index (χ2n) is 6.95. The highest BCUT2D eigenvalue weighted by Gasteiger charge is 2.53. The molecule has 2 atom stereocenters. The lowest BCUT2D eigenvalue weighted by molar-refractivity contribution is -0.136. The van der Waals surface area contributed by atoms with Crippen molar-refractivity contribution in [3.05, 3.63) is 59.7 Å². The zero-order valence-corrected chi connectivity index (χ0v) is 16.9. The number of hydrogen-bond acceptors (Lipinski definition) is 5. The topological polar surface area (TPSA) is 112 Å². The third-order valence-electron chi connectivity index (χ3n) is 5.28. The molecule has 1 aliphatic heterocycles. The number of ether oxygens (including phenoxy) is 1. The standard InChI is InChI=1S/C22H22N4O4/c1-4-22(16-7-11-18(30-3)12-8-16)20(28)26(21(29)25-22)14(2)19(27)24-17-9-5-15(13-23)6-10-17/h5-12,14H,4H2,1-3H3,(H,24,27)(H,25,29)/t14-,22-/m1/s1. The molecule has 4 amide bonds. The van der Waals surface area contributed by atoms with Crippen molar-refractivity contribution in [2.45, 2.75) is 31.8 Å². The molecule has 0 saturated carbocycles. The molecule has 2 aromatic carbocycles. The first kappa shape index (κ1) is 20.9. The summed E-state index contributed by atoms with van der Waals surface area (Å²) in [5.74, 6) is -0.360. The molecule has 0 aromatic heterocycles. The quantitative estimate of drug-likeness (QED) is 0.717. The van der Waals surface area contributed by atoms with E-state index in [1.165, 1.54) is 6.92 Å². The number of carbonyl (C=O) groups excluding carboxylic acids is 3. The highest BCUT2D eigenvalue weighted by molar-refractivity contribution is 6.11. The van der Waals surface area contributed by atoms with Gasteiger partial charge in [-0.25, -0.2) is 9.69 Å². The van der Waals surface area contributed by atoms with E-state index >= 15 is 0 Å². The van der Waals surface area contributed by atoms with Gasteiger partial charge in [-0.3, -0.25) is 9.59 Å². The lowest BCUT2D eigenvalue weighted by atomic mass is 9.87. The fourth-order valence-corrected chi connectivity index (χ4v) is 3.45. The van der Waals surface area contributed by atoms with Crippen LogP contribution in [0, 0.1) is 11.3 Å². The Bertz CT molecular complexity index is 1010. The number of anilines is 1. The number of nitriles is 1. The first-order chi connectivity index (χ1) is 14.4. The van der Waals surface area contributed by atoms with Crippen molar-refractivity contribution in [2.75, 3.05) is 12.4 Å². The van der Waals surface area contributed by atoms with Gasteiger partial charge < -0.3 is 15.4 Å². The maximum atomic E-state index is 13.3. The normalized spacial score (nSPS) is 19.1. The average molecular weight is 406 g/mol. The van der Waals surface area contributed by atoms with E-state index in [1.54, 1.807) is 62.6 Å². The largest absolute Gasteiger partial charge is 0.497 e. The summed E-state index contributed by atoms with van der Waals surface area (Å²) in [6.45, 7) is 3.30. The van der Waals surface area contributed by atoms with Crippen LogP contribution in [0.5, 0.6) is 5.75 Å². The molecule has 2 aromatic rings. The van der Waals surface area contributed by atoms with Crippen molar-refractivity contribution in [1.29, 1.82) is 5.26 Å². The molecule has 2 N–H and O–H groups in total. The summed E-state index contributed by atoms with van der Waals surface area (Å²) < 4.78 is 5.15. The van der Waals surface area contributed by atoms with Crippen LogP contribution in [0.3, 0.4) is 0 Å². The monoisotopic (exact) mass is 406 g/mol. The molecule has 8 nitrogen and oxygen atoms in total. The second kappa shape index (κ2) is 8.25. The molecule has 8 heteroatoms. The Balaban J connectivity index is 1.82. The van der Waals surface area contributed by atoms with Crippen LogP contribution >= 0.6 is 0 Å². The lowest BCUT2D eigenvalue weighted by Gasteiger charge is -2.27. The Kier molecular flexibility index (Phi) is 5.74.